The summed E-state index contributed by atoms with van der Waals surface area (Å²) < 4.78 is 0. The molecule has 2 saturated carbocycles. The standard InChI is InChI=1S/C11H19NO2/c1-11(10(13)14,8-6-7-8)12-9-4-2-3-5-9/h8-9,12H,2-7H2,1H3,(H,13,14)/t11-/m1/s1. The molecule has 3 heteroatoms. The number of aliphatic carboxylic acids is 1. The number of rotatable bonds is 4. The summed E-state index contributed by atoms with van der Waals surface area (Å²) in [6.07, 6.45) is 6.94. The molecule has 80 valence electrons. The third-order valence-corrected chi connectivity index (χ3v) is 3.70. The summed E-state index contributed by atoms with van der Waals surface area (Å²) in [5, 5.41) is 12.6. The number of hydrogen-bond acceptors (Lipinski definition) is 2. The minimum absolute atomic E-state index is 0.362. The normalized spacial score (nSPS) is 27.5. The molecule has 2 rings (SSSR count). The van der Waals surface area contributed by atoms with Crippen LogP contribution in [0.15, 0.2) is 0 Å². The summed E-state index contributed by atoms with van der Waals surface area (Å²) in [7, 11) is 0. The van der Waals surface area contributed by atoms with Crippen LogP contribution in [0.25, 0.3) is 0 Å². The molecule has 1 atom stereocenters. The molecule has 0 radical (unpaired) electrons. The van der Waals surface area contributed by atoms with E-state index in [1.54, 1.807) is 0 Å². The van der Waals surface area contributed by atoms with Crippen LogP contribution < -0.4 is 5.32 Å². The van der Waals surface area contributed by atoms with Gasteiger partial charge in [0.05, 0.1) is 0 Å². The van der Waals surface area contributed by atoms with Crippen LogP contribution in [0.1, 0.15) is 45.4 Å². The van der Waals surface area contributed by atoms with Gasteiger partial charge in [-0.25, -0.2) is 0 Å². The van der Waals surface area contributed by atoms with Crippen LogP contribution in [0.2, 0.25) is 0 Å². The van der Waals surface area contributed by atoms with Gasteiger partial charge < -0.3 is 5.11 Å². The average molecular weight is 197 g/mol. The first-order valence-corrected chi connectivity index (χ1v) is 5.64. The van der Waals surface area contributed by atoms with Gasteiger partial charge in [-0.2, -0.15) is 0 Å². The fourth-order valence-electron chi connectivity index (χ4n) is 2.51. The van der Waals surface area contributed by atoms with Crippen molar-refractivity contribution >= 4 is 5.97 Å². The van der Waals surface area contributed by atoms with Crippen LogP contribution in [-0.2, 0) is 4.79 Å². The van der Waals surface area contributed by atoms with Crippen molar-refractivity contribution in [2.24, 2.45) is 5.92 Å². The molecule has 0 heterocycles. The predicted molar refractivity (Wildman–Crippen MR) is 54.2 cm³/mol. The Morgan fingerprint density at radius 2 is 1.86 bits per heavy atom. The first kappa shape index (κ1) is 9.97. The van der Waals surface area contributed by atoms with Gasteiger partial charge in [0.15, 0.2) is 0 Å². The van der Waals surface area contributed by atoms with Crippen molar-refractivity contribution in [2.45, 2.75) is 57.0 Å². The van der Waals surface area contributed by atoms with E-state index in [0.717, 1.165) is 25.7 Å². The van der Waals surface area contributed by atoms with Crippen LogP contribution in [0.3, 0.4) is 0 Å². The van der Waals surface area contributed by atoms with E-state index in [9.17, 15) is 9.90 Å². The Morgan fingerprint density at radius 1 is 1.29 bits per heavy atom. The first-order chi connectivity index (χ1) is 6.63. The zero-order valence-corrected chi connectivity index (χ0v) is 8.75. The maximum Gasteiger partial charge on any atom is 0.323 e. The Balaban J connectivity index is 1.99. The lowest BCUT2D eigenvalue weighted by Crippen LogP contribution is -2.54. The highest BCUT2D eigenvalue weighted by Gasteiger charge is 2.48. The van der Waals surface area contributed by atoms with Crippen molar-refractivity contribution in [3.8, 4) is 0 Å². The van der Waals surface area contributed by atoms with E-state index < -0.39 is 11.5 Å². The Labute approximate surface area is 84.9 Å². The molecule has 2 aliphatic rings. The number of nitrogens with one attached hydrogen (secondary N) is 1. The van der Waals surface area contributed by atoms with Gasteiger partial charge in [0.25, 0.3) is 0 Å². The highest BCUT2D eigenvalue weighted by molar-refractivity contribution is 5.79. The fraction of sp³-hybridized carbons (Fsp3) is 0.909. The van der Waals surface area contributed by atoms with Crippen LogP contribution in [0.5, 0.6) is 0 Å². The molecule has 0 bridgehead atoms. The van der Waals surface area contributed by atoms with Gasteiger partial charge in [0.2, 0.25) is 0 Å². The fourth-order valence-corrected chi connectivity index (χ4v) is 2.51. The van der Waals surface area contributed by atoms with Crippen molar-refractivity contribution in [1.82, 2.24) is 5.32 Å². The van der Waals surface area contributed by atoms with Gasteiger partial charge in [0, 0.05) is 6.04 Å². The summed E-state index contributed by atoms with van der Waals surface area (Å²) in [6, 6.07) is 0.441. The SMILES string of the molecule is C[C@](NC1CCCC1)(C(=O)O)C1CC1. The Hall–Kier alpha value is -0.570. The van der Waals surface area contributed by atoms with Crippen molar-refractivity contribution in [2.75, 3.05) is 0 Å². The van der Waals surface area contributed by atoms with E-state index in [1.807, 2.05) is 6.92 Å². The van der Waals surface area contributed by atoms with E-state index in [0.29, 0.717) is 12.0 Å². The minimum Gasteiger partial charge on any atom is -0.480 e. The molecule has 2 aliphatic carbocycles. The number of carbonyl (C=O) groups is 1. The van der Waals surface area contributed by atoms with Crippen LogP contribution in [-0.4, -0.2) is 22.7 Å². The summed E-state index contributed by atoms with van der Waals surface area (Å²) in [5.41, 5.74) is -0.658. The van der Waals surface area contributed by atoms with Crippen LogP contribution in [0.4, 0.5) is 0 Å². The molecule has 3 nitrogen and oxygen atoms in total. The van der Waals surface area contributed by atoms with Gasteiger partial charge >= 0.3 is 5.97 Å². The molecule has 0 amide bonds. The highest BCUT2D eigenvalue weighted by Crippen LogP contribution is 2.40. The summed E-state index contributed by atoms with van der Waals surface area (Å²) >= 11 is 0. The van der Waals surface area contributed by atoms with E-state index >= 15 is 0 Å². The van der Waals surface area contributed by atoms with Crippen LogP contribution >= 0.6 is 0 Å². The third-order valence-electron chi connectivity index (χ3n) is 3.70. The first-order valence-electron chi connectivity index (χ1n) is 5.64. The van der Waals surface area contributed by atoms with E-state index in [1.165, 1.54) is 12.8 Å². The van der Waals surface area contributed by atoms with Crippen molar-refractivity contribution in [3.05, 3.63) is 0 Å². The topological polar surface area (TPSA) is 49.3 Å². The molecule has 0 aromatic carbocycles. The molecule has 2 N–H and O–H groups in total. The lowest BCUT2D eigenvalue weighted by Gasteiger charge is -2.29. The van der Waals surface area contributed by atoms with E-state index in [2.05, 4.69) is 5.32 Å². The molecule has 2 fully saturated rings. The zero-order chi connectivity index (χ0) is 10.2. The van der Waals surface area contributed by atoms with E-state index in [4.69, 9.17) is 0 Å². The lowest BCUT2D eigenvalue weighted by atomic mass is 9.94. The number of carboxylic acids is 1. The maximum atomic E-state index is 11.2. The molecule has 0 saturated heterocycles. The Kier molecular flexibility index (Phi) is 2.52. The van der Waals surface area contributed by atoms with Gasteiger partial charge in [-0.3, -0.25) is 10.1 Å². The molecular weight excluding hydrogens is 178 g/mol. The second-order valence-electron chi connectivity index (χ2n) is 4.91. The van der Waals surface area contributed by atoms with Gasteiger partial charge in [-0.1, -0.05) is 12.8 Å². The second kappa shape index (κ2) is 3.54. The lowest BCUT2D eigenvalue weighted by molar-refractivity contribution is -0.145. The minimum atomic E-state index is -0.674. The Morgan fingerprint density at radius 3 is 2.29 bits per heavy atom. The molecule has 0 aromatic heterocycles. The molecular formula is C11H19NO2. The smallest absolute Gasteiger partial charge is 0.323 e. The summed E-state index contributed by atoms with van der Waals surface area (Å²) in [6.45, 7) is 1.85. The monoisotopic (exact) mass is 197 g/mol. The average Bonchev–Trinajstić information content (AvgIpc) is 2.87. The number of hydrogen-bond donors (Lipinski definition) is 2. The highest BCUT2D eigenvalue weighted by atomic mass is 16.4. The third kappa shape index (κ3) is 1.78. The molecule has 0 aliphatic heterocycles. The Bertz CT molecular complexity index is 231. The number of carboxylic acid groups (broad SMARTS) is 1. The maximum absolute atomic E-state index is 11.2. The van der Waals surface area contributed by atoms with E-state index in [-0.39, 0.29) is 0 Å². The zero-order valence-electron chi connectivity index (χ0n) is 8.75. The summed E-state index contributed by atoms with van der Waals surface area (Å²) in [5.74, 6) is -0.313. The van der Waals surface area contributed by atoms with Gasteiger partial charge in [0.1, 0.15) is 5.54 Å². The predicted octanol–water partition coefficient (Wildman–Crippen LogP) is 1.77. The van der Waals surface area contributed by atoms with Crippen LogP contribution in [0, 0.1) is 5.92 Å². The second-order valence-corrected chi connectivity index (χ2v) is 4.91. The molecule has 0 spiro atoms. The van der Waals surface area contributed by atoms with Gasteiger partial charge in [-0.15, -0.1) is 0 Å². The van der Waals surface area contributed by atoms with Crippen molar-refractivity contribution < 1.29 is 9.90 Å². The summed E-state index contributed by atoms with van der Waals surface area (Å²) in [4.78, 5) is 11.2. The van der Waals surface area contributed by atoms with Crippen molar-refractivity contribution in [1.29, 1.82) is 0 Å². The van der Waals surface area contributed by atoms with Gasteiger partial charge in [-0.05, 0) is 38.5 Å². The quantitative estimate of drug-likeness (QED) is 0.722. The largest absolute Gasteiger partial charge is 0.480 e. The van der Waals surface area contributed by atoms with Crippen molar-refractivity contribution in [3.63, 3.8) is 0 Å². The molecule has 14 heavy (non-hydrogen) atoms. The molecule has 0 unspecified atom stereocenters. The molecule has 0 aromatic rings.